The molecule has 1 unspecified atom stereocenters. The number of rotatable bonds is 4. The Morgan fingerprint density at radius 3 is 2.44 bits per heavy atom. The molecule has 2 aromatic carbocycles. The number of amides is 1. The normalized spacial score (nSPS) is 16.4. The second-order valence-corrected chi connectivity index (χ2v) is 7.29. The van der Waals surface area contributed by atoms with Crippen molar-refractivity contribution < 1.29 is 9.53 Å². The zero-order valence-corrected chi connectivity index (χ0v) is 15.0. The molecule has 1 N–H and O–H groups in total. The Morgan fingerprint density at radius 1 is 1.04 bits per heavy atom. The molecule has 3 rings (SSSR count). The van der Waals surface area contributed by atoms with E-state index in [-0.39, 0.29) is 11.4 Å². The van der Waals surface area contributed by atoms with Gasteiger partial charge in [-0.25, -0.2) is 4.99 Å². The molecule has 4 heteroatoms. The number of aryl methyl sites for hydroxylation is 1. The fourth-order valence-electron chi connectivity index (χ4n) is 2.81. The van der Waals surface area contributed by atoms with E-state index in [1.54, 1.807) is 0 Å². The summed E-state index contributed by atoms with van der Waals surface area (Å²) in [6, 6.07) is 17.9. The summed E-state index contributed by atoms with van der Waals surface area (Å²) in [4.78, 5) is 17.3. The maximum Gasteiger partial charge on any atom is 0.266 e. The largest absolute Gasteiger partial charge is 0.463 e. The molecule has 130 valence electrons. The molecule has 0 aromatic heterocycles. The van der Waals surface area contributed by atoms with Crippen LogP contribution in [0, 0.1) is 0 Å². The molecular weight excluding hydrogens is 312 g/mol. The SMILES string of the molecule is CC(C)(C)NC(=O)C1OC(CCc2ccccc2)=Nc2ccccc21. The zero-order chi connectivity index (χ0) is 17.9. The number of nitrogens with one attached hydrogen (secondary N) is 1. The van der Waals surface area contributed by atoms with Crippen LogP contribution in [0.25, 0.3) is 0 Å². The van der Waals surface area contributed by atoms with E-state index in [2.05, 4.69) is 22.4 Å². The third-order valence-corrected chi connectivity index (χ3v) is 3.92. The third-order valence-electron chi connectivity index (χ3n) is 3.92. The first-order valence-corrected chi connectivity index (χ1v) is 8.61. The maximum absolute atomic E-state index is 12.7. The lowest BCUT2D eigenvalue weighted by Crippen LogP contribution is -2.44. The first-order chi connectivity index (χ1) is 11.9. The van der Waals surface area contributed by atoms with Crippen LogP contribution in [0.3, 0.4) is 0 Å². The van der Waals surface area contributed by atoms with Crippen LogP contribution >= 0.6 is 0 Å². The Hall–Kier alpha value is -2.62. The van der Waals surface area contributed by atoms with Crippen molar-refractivity contribution in [1.29, 1.82) is 0 Å². The van der Waals surface area contributed by atoms with Crippen molar-refractivity contribution in [3.8, 4) is 0 Å². The fraction of sp³-hybridized carbons (Fsp3) is 0.333. The number of nitrogens with zero attached hydrogens (tertiary/aromatic N) is 1. The van der Waals surface area contributed by atoms with E-state index >= 15 is 0 Å². The number of benzene rings is 2. The van der Waals surface area contributed by atoms with Crippen molar-refractivity contribution in [3.63, 3.8) is 0 Å². The van der Waals surface area contributed by atoms with Crippen LogP contribution in [0.4, 0.5) is 5.69 Å². The molecule has 0 saturated heterocycles. The van der Waals surface area contributed by atoms with Gasteiger partial charge in [-0.2, -0.15) is 0 Å². The second kappa shape index (κ2) is 7.09. The van der Waals surface area contributed by atoms with Gasteiger partial charge in [-0.05, 0) is 38.8 Å². The standard InChI is InChI=1S/C21H24N2O2/c1-21(2,3)23-20(24)19-16-11-7-8-12-17(16)22-18(25-19)14-13-15-9-5-4-6-10-15/h4-12,19H,13-14H2,1-3H3,(H,23,24). The molecule has 1 atom stereocenters. The van der Waals surface area contributed by atoms with E-state index < -0.39 is 6.10 Å². The van der Waals surface area contributed by atoms with Crippen LogP contribution in [-0.4, -0.2) is 17.3 Å². The van der Waals surface area contributed by atoms with Gasteiger partial charge in [-0.15, -0.1) is 0 Å². The van der Waals surface area contributed by atoms with E-state index in [1.165, 1.54) is 5.56 Å². The van der Waals surface area contributed by atoms with Crippen LogP contribution in [-0.2, 0) is 16.0 Å². The number of carbonyl (C=O) groups is 1. The van der Waals surface area contributed by atoms with E-state index in [1.807, 2.05) is 63.2 Å². The molecule has 0 fully saturated rings. The molecule has 0 spiro atoms. The van der Waals surface area contributed by atoms with Crippen molar-refractivity contribution >= 4 is 17.5 Å². The Kier molecular flexibility index (Phi) is 4.88. The van der Waals surface area contributed by atoms with Crippen molar-refractivity contribution in [1.82, 2.24) is 5.32 Å². The number of hydrogen-bond acceptors (Lipinski definition) is 3. The van der Waals surface area contributed by atoms with Crippen molar-refractivity contribution in [2.24, 2.45) is 4.99 Å². The minimum atomic E-state index is -0.654. The smallest absolute Gasteiger partial charge is 0.266 e. The lowest BCUT2D eigenvalue weighted by Gasteiger charge is -2.29. The molecule has 25 heavy (non-hydrogen) atoms. The quantitative estimate of drug-likeness (QED) is 0.903. The van der Waals surface area contributed by atoms with E-state index in [9.17, 15) is 4.79 Å². The van der Waals surface area contributed by atoms with Crippen molar-refractivity contribution in [3.05, 3.63) is 65.7 Å². The lowest BCUT2D eigenvalue weighted by molar-refractivity contribution is -0.130. The number of carbonyl (C=O) groups excluding carboxylic acids is 1. The molecule has 0 radical (unpaired) electrons. The Labute approximate surface area is 148 Å². The van der Waals surface area contributed by atoms with Gasteiger partial charge in [-0.1, -0.05) is 48.5 Å². The first kappa shape index (κ1) is 17.2. The van der Waals surface area contributed by atoms with Crippen molar-refractivity contribution in [2.75, 3.05) is 0 Å². The Balaban J connectivity index is 1.80. The molecule has 0 bridgehead atoms. The van der Waals surface area contributed by atoms with Crippen LogP contribution < -0.4 is 5.32 Å². The molecule has 0 aliphatic carbocycles. The lowest BCUT2D eigenvalue weighted by atomic mass is 10.0. The summed E-state index contributed by atoms with van der Waals surface area (Å²) in [6.45, 7) is 5.89. The highest BCUT2D eigenvalue weighted by molar-refractivity contribution is 5.91. The molecule has 1 amide bonds. The van der Waals surface area contributed by atoms with E-state index in [4.69, 9.17) is 4.74 Å². The summed E-state index contributed by atoms with van der Waals surface area (Å²) in [5, 5.41) is 3.01. The number of ether oxygens (including phenoxy) is 1. The van der Waals surface area contributed by atoms with Gasteiger partial charge in [0.25, 0.3) is 5.91 Å². The average molecular weight is 336 g/mol. The van der Waals surface area contributed by atoms with Gasteiger partial charge in [0, 0.05) is 17.5 Å². The predicted molar refractivity (Wildman–Crippen MR) is 100 cm³/mol. The van der Waals surface area contributed by atoms with Crippen LogP contribution in [0.1, 0.15) is 44.4 Å². The summed E-state index contributed by atoms with van der Waals surface area (Å²) in [7, 11) is 0. The summed E-state index contributed by atoms with van der Waals surface area (Å²) in [5.41, 5.74) is 2.54. The topological polar surface area (TPSA) is 50.7 Å². The minimum absolute atomic E-state index is 0.132. The molecular formula is C21H24N2O2. The Bertz CT molecular complexity index is 776. The van der Waals surface area contributed by atoms with Gasteiger partial charge < -0.3 is 10.1 Å². The highest BCUT2D eigenvalue weighted by Gasteiger charge is 2.31. The number of aliphatic imine (C=N–C) groups is 1. The molecule has 0 saturated carbocycles. The van der Waals surface area contributed by atoms with E-state index in [0.717, 1.165) is 17.7 Å². The average Bonchev–Trinajstić information content (AvgIpc) is 2.58. The number of fused-ring (bicyclic) bond motifs is 1. The number of hydrogen-bond donors (Lipinski definition) is 1. The first-order valence-electron chi connectivity index (χ1n) is 8.61. The van der Waals surface area contributed by atoms with Gasteiger partial charge >= 0.3 is 0 Å². The minimum Gasteiger partial charge on any atom is -0.463 e. The van der Waals surface area contributed by atoms with E-state index in [0.29, 0.717) is 12.3 Å². The third kappa shape index (κ3) is 4.47. The Morgan fingerprint density at radius 2 is 1.72 bits per heavy atom. The van der Waals surface area contributed by atoms with Gasteiger partial charge in [-0.3, -0.25) is 4.79 Å². The summed E-state index contributed by atoms with van der Waals surface area (Å²) < 4.78 is 5.98. The van der Waals surface area contributed by atoms with Crippen LogP contribution in [0.15, 0.2) is 59.6 Å². The van der Waals surface area contributed by atoms with Gasteiger partial charge in [0.15, 0.2) is 5.90 Å². The summed E-state index contributed by atoms with van der Waals surface area (Å²) in [5.74, 6) is 0.476. The predicted octanol–water partition coefficient (Wildman–Crippen LogP) is 4.34. The fourth-order valence-corrected chi connectivity index (χ4v) is 2.81. The monoisotopic (exact) mass is 336 g/mol. The number of para-hydroxylation sites is 1. The molecule has 1 aliphatic heterocycles. The molecule has 1 aliphatic rings. The molecule has 2 aromatic rings. The van der Waals surface area contributed by atoms with Crippen LogP contribution in [0.2, 0.25) is 0 Å². The maximum atomic E-state index is 12.7. The summed E-state index contributed by atoms with van der Waals surface area (Å²) in [6.07, 6.45) is 0.839. The highest BCUT2D eigenvalue weighted by Crippen LogP contribution is 2.34. The zero-order valence-electron chi connectivity index (χ0n) is 15.0. The van der Waals surface area contributed by atoms with Gasteiger partial charge in [0.05, 0.1) is 5.69 Å². The second-order valence-electron chi connectivity index (χ2n) is 7.29. The van der Waals surface area contributed by atoms with Crippen molar-refractivity contribution in [2.45, 2.75) is 45.3 Å². The van der Waals surface area contributed by atoms with Gasteiger partial charge in [0.1, 0.15) is 0 Å². The van der Waals surface area contributed by atoms with Gasteiger partial charge in [0.2, 0.25) is 6.10 Å². The highest BCUT2D eigenvalue weighted by atomic mass is 16.5. The molecule has 4 nitrogen and oxygen atoms in total. The molecule has 1 heterocycles. The van der Waals surface area contributed by atoms with Crippen LogP contribution in [0.5, 0.6) is 0 Å². The summed E-state index contributed by atoms with van der Waals surface area (Å²) >= 11 is 0.